The molecule has 2 fully saturated rings. The number of morpholine rings is 1. The van der Waals surface area contributed by atoms with E-state index in [4.69, 9.17) is 4.74 Å². The molecule has 0 radical (unpaired) electrons. The monoisotopic (exact) mass is 311 g/mol. The van der Waals surface area contributed by atoms with Gasteiger partial charge in [-0.1, -0.05) is 24.6 Å². The lowest BCUT2D eigenvalue weighted by Crippen LogP contribution is -2.53. The molecule has 0 bridgehead atoms. The second-order valence-electron chi connectivity index (χ2n) is 5.73. The number of hydrogen-bond acceptors (Lipinski definition) is 4. The average molecular weight is 311 g/mol. The zero-order valence-corrected chi connectivity index (χ0v) is 12.7. The van der Waals surface area contributed by atoms with Crippen molar-refractivity contribution in [2.24, 2.45) is 5.92 Å². The van der Waals surface area contributed by atoms with Gasteiger partial charge in [-0.05, 0) is 25.0 Å². The van der Waals surface area contributed by atoms with Crippen molar-refractivity contribution in [2.75, 3.05) is 19.8 Å². The zero-order chi connectivity index (χ0) is 14.9. The zero-order valence-electron chi connectivity index (χ0n) is 11.9. The van der Waals surface area contributed by atoms with Crippen LogP contribution in [0.15, 0.2) is 35.2 Å². The number of sulfonamides is 1. The van der Waals surface area contributed by atoms with Crippen LogP contribution in [0, 0.1) is 5.92 Å². The molecule has 1 heterocycles. The topological polar surface area (TPSA) is 66.8 Å². The molecular weight excluding hydrogens is 290 g/mol. The van der Waals surface area contributed by atoms with Crippen LogP contribution in [-0.4, -0.2) is 49.7 Å². The van der Waals surface area contributed by atoms with Gasteiger partial charge in [-0.3, -0.25) is 0 Å². The number of benzene rings is 1. The maximum absolute atomic E-state index is 12.8. The highest BCUT2D eigenvalue weighted by Gasteiger charge is 2.42. The molecule has 1 saturated heterocycles. The van der Waals surface area contributed by atoms with Crippen LogP contribution >= 0.6 is 0 Å². The second-order valence-corrected chi connectivity index (χ2v) is 7.62. The van der Waals surface area contributed by atoms with Crippen molar-refractivity contribution in [1.29, 1.82) is 0 Å². The first kappa shape index (κ1) is 15.0. The van der Waals surface area contributed by atoms with Crippen LogP contribution in [0.3, 0.4) is 0 Å². The van der Waals surface area contributed by atoms with Crippen LogP contribution in [0.5, 0.6) is 0 Å². The Bertz CT molecular complexity index is 575. The molecule has 116 valence electrons. The van der Waals surface area contributed by atoms with E-state index >= 15 is 0 Å². The number of rotatable bonds is 3. The van der Waals surface area contributed by atoms with Gasteiger partial charge in [0.25, 0.3) is 0 Å². The largest absolute Gasteiger partial charge is 0.393 e. The van der Waals surface area contributed by atoms with Crippen molar-refractivity contribution in [3.63, 3.8) is 0 Å². The summed E-state index contributed by atoms with van der Waals surface area (Å²) in [5, 5.41) is 10.1. The quantitative estimate of drug-likeness (QED) is 0.912. The molecule has 1 saturated carbocycles. The molecule has 1 aromatic rings. The smallest absolute Gasteiger partial charge is 0.243 e. The Hall–Kier alpha value is -0.950. The minimum absolute atomic E-state index is 0.0243. The van der Waals surface area contributed by atoms with Crippen LogP contribution in [0.4, 0.5) is 0 Å². The van der Waals surface area contributed by atoms with E-state index in [1.165, 1.54) is 4.31 Å². The highest BCUT2D eigenvalue weighted by Crippen LogP contribution is 2.34. The average Bonchev–Trinajstić information content (AvgIpc) is 2.94. The molecule has 3 atom stereocenters. The van der Waals surface area contributed by atoms with Gasteiger partial charge in [0.05, 0.1) is 30.3 Å². The predicted molar refractivity (Wildman–Crippen MR) is 78.3 cm³/mol. The molecule has 0 spiro atoms. The van der Waals surface area contributed by atoms with Crippen LogP contribution < -0.4 is 0 Å². The van der Waals surface area contributed by atoms with Crippen molar-refractivity contribution in [3.05, 3.63) is 30.3 Å². The Balaban J connectivity index is 1.91. The van der Waals surface area contributed by atoms with Gasteiger partial charge in [-0.2, -0.15) is 4.31 Å². The van der Waals surface area contributed by atoms with E-state index in [2.05, 4.69) is 0 Å². The fourth-order valence-electron chi connectivity index (χ4n) is 3.39. The molecular formula is C15H21NO4S. The first-order valence-corrected chi connectivity index (χ1v) is 8.87. The van der Waals surface area contributed by atoms with E-state index in [9.17, 15) is 13.5 Å². The summed E-state index contributed by atoms with van der Waals surface area (Å²) in [6.07, 6.45) is 2.13. The van der Waals surface area contributed by atoms with Crippen LogP contribution in [0.1, 0.15) is 19.3 Å². The fourth-order valence-corrected chi connectivity index (χ4v) is 5.05. The number of aliphatic hydroxyl groups excluding tert-OH is 1. The first-order chi connectivity index (χ1) is 10.1. The van der Waals surface area contributed by atoms with E-state index in [-0.39, 0.29) is 12.0 Å². The molecule has 0 unspecified atom stereocenters. The standard InChI is InChI=1S/C15H21NO4S/c17-15-8-4-7-13(15)14-11-20-10-9-16(14)21(18,19)12-5-2-1-3-6-12/h1-3,5-6,13-15,17H,4,7-11H2/t13-,14+,15+/m0/s1. The highest BCUT2D eigenvalue weighted by atomic mass is 32.2. The molecule has 1 N–H and O–H groups in total. The van der Waals surface area contributed by atoms with E-state index < -0.39 is 16.1 Å². The summed E-state index contributed by atoms with van der Waals surface area (Å²) in [7, 11) is -3.53. The van der Waals surface area contributed by atoms with Gasteiger partial charge in [0, 0.05) is 12.5 Å². The number of ether oxygens (including phenoxy) is 1. The van der Waals surface area contributed by atoms with Gasteiger partial charge >= 0.3 is 0 Å². The Kier molecular flexibility index (Phi) is 4.31. The van der Waals surface area contributed by atoms with E-state index in [1.54, 1.807) is 30.3 Å². The van der Waals surface area contributed by atoms with Gasteiger partial charge in [-0.25, -0.2) is 8.42 Å². The maximum atomic E-state index is 12.8. The van der Waals surface area contributed by atoms with E-state index in [1.807, 2.05) is 0 Å². The summed E-state index contributed by atoms with van der Waals surface area (Å²) in [5.74, 6) is -0.0243. The molecule has 6 heteroatoms. The normalized spacial score (nSPS) is 31.4. The third kappa shape index (κ3) is 2.85. The third-order valence-electron chi connectivity index (χ3n) is 4.49. The summed E-state index contributed by atoms with van der Waals surface area (Å²) in [6, 6.07) is 8.23. The Morgan fingerprint density at radius 2 is 1.95 bits per heavy atom. The van der Waals surface area contributed by atoms with Crippen LogP contribution in [0.25, 0.3) is 0 Å². The minimum Gasteiger partial charge on any atom is -0.393 e. The van der Waals surface area contributed by atoms with Crippen molar-refractivity contribution < 1.29 is 18.3 Å². The first-order valence-electron chi connectivity index (χ1n) is 7.43. The summed E-state index contributed by atoms with van der Waals surface area (Å²) in [4.78, 5) is 0.310. The second kappa shape index (κ2) is 6.04. The SMILES string of the molecule is O=S(=O)(c1ccccc1)N1CCOC[C@@H]1[C@@H]1CCC[C@H]1O. The molecule has 1 aliphatic heterocycles. The van der Waals surface area contributed by atoms with Crippen LogP contribution in [0.2, 0.25) is 0 Å². The van der Waals surface area contributed by atoms with Crippen molar-refractivity contribution >= 4 is 10.0 Å². The lowest BCUT2D eigenvalue weighted by atomic mass is 9.96. The Labute approximate surface area is 125 Å². The number of aliphatic hydroxyl groups is 1. The maximum Gasteiger partial charge on any atom is 0.243 e. The van der Waals surface area contributed by atoms with Gasteiger partial charge in [0.15, 0.2) is 0 Å². The van der Waals surface area contributed by atoms with Crippen molar-refractivity contribution in [3.8, 4) is 0 Å². The lowest BCUT2D eigenvalue weighted by molar-refractivity contribution is -0.0148. The molecule has 21 heavy (non-hydrogen) atoms. The molecule has 2 aliphatic rings. The molecule has 0 amide bonds. The summed E-state index contributed by atoms with van der Waals surface area (Å²) < 4.78 is 32.7. The van der Waals surface area contributed by atoms with E-state index in [0.29, 0.717) is 24.7 Å². The number of nitrogens with zero attached hydrogens (tertiary/aromatic N) is 1. The van der Waals surface area contributed by atoms with Gasteiger partial charge in [0.1, 0.15) is 0 Å². The van der Waals surface area contributed by atoms with Gasteiger partial charge < -0.3 is 9.84 Å². The molecule has 0 aromatic heterocycles. The predicted octanol–water partition coefficient (Wildman–Crippen LogP) is 1.24. The Morgan fingerprint density at radius 3 is 2.62 bits per heavy atom. The third-order valence-corrected chi connectivity index (χ3v) is 6.43. The molecule has 5 nitrogen and oxygen atoms in total. The van der Waals surface area contributed by atoms with Gasteiger partial charge in [-0.15, -0.1) is 0 Å². The number of hydrogen-bond donors (Lipinski definition) is 1. The van der Waals surface area contributed by atoms with Crippen molar-refractivity contribution in [2.45, 2.75) is 36.3 Å². The molecule has 1 aliphatic carbocycles. The molecule has 3 rings (SSSR count). The summed E-state index contributed by atoms with van der Waals surface area (Å²) in [6.45, 7) is 1.13. The summed E-state index contributed by atoms with van der Waals surface area (Å²) >= 11 is 0. The van der Waals surface area contributed by atoms with Gasteiger partial charge in [0.2, 0.25) is 10.0 Å². The fraction of sp³-hybridized carbons (Fsp3) is 0.600. The van der Waals surface area contributed by atoms with E-state index in [0.717, 1.165) is 19.3 Å². The molecule has 1 aromatic carbocycles. The van der Waals surface area contributed by atoms with Crippen LogP contribution in [-0.2, 0) is 14.8 Å². The van der Waals surface area contributed by atoms with Crippen molar-refractivity contribution in [1.82, 2.24) is 4.31 Å². The minimum atomic E-state index is -3.53. The highest BCUT2D eigenvalue weighted by molar-refractivity contribution is 7.89. The lowest BCUT2D eigenvalue weighted by Gasteiger charge is -2.39. The summed E-state index contributed by atoms with van der Waals surface area (Å²) in [5.41, 5.74) is 0. The Morgan fingerprint density at radius 1 is 1.19 bits per heavy atom.